The fourth-order valence-corrected chi connectivity index (χ4v) is 3.07. The van der Waals surface area contributed by atoms with Crippen molar-refractivity contribution in [2.24, 2.45) is 0 Å². The first-order valence-electron chi connectivity index (χ1n) is 7.16. The van der Waals surface area contributed by atoms with Gasteiger partial charge in [-0.2, -0.15) is 4.68 Å². The van der Waals surface area contributed by atoms with Crippen LogP contribution in [0.15, 0.2) is 47.4 Å². The summed E-state index contributed by atoms with van der Waals surface area (Å²) in [7, 11) is -3.76. The number of hydrogen-bond acceptors (Lipinski definition) is 5. The largest absolute Gasteiger partial charge is 0.240 e. The summed E-state index contributed by atoms with van der Waals surface area (Å²) in [6, 6.07) is 9.47. The van der Waals surface area contributed by atoms with E-state index in [9.17, 15) is 17.2 Å². The molecule has 130 valence electrons. The van der Waals surface area contributed by atoms with Crippen molar-refractivity contribution in [1.29, 1.82) is 0 Å². The van der Waals surface area contributed by atoms with Crippen molar-refractivity contribution in [1.82, 2.24) is 24.9 Å². The van der Waals surface area contributed by atoms with Gasteiger partial charge in [0.25, 0.3) is 0 Å². The average molecular weight is 365 g/mol. The molecule has 0 saturated heterocycles. The predicted molar refractivity (Wildman–Crippen MR) is 84.3 cm³/mol. The molecule has 1 N–H and O–H groups in total. The highest BCUT2D eigenvalue weighted by molar-refractivity contribution is 7.89. The van der Waals surface area contributed by atoms with Crippen molar-refractivity contribution < 1.29 is 17.2 Å². The molecule has 0 fully saturated rings. The van der Waals surface area contributed by atoms with Crippen LogP contribution in [0.5, 0.6) is 0 Å². The van der Waals surface area contributed by atoms with Gasteiger partial charge in [0.2, 0.25) is 10.0 Å². The number of rotatable bonds is 5. The lowest BCUT2D eigenvalue weighted by molar-refractivity contribution is 0.507. The molecule has 0 bridgehead atoms. The second kappa shape index (κ2) is 6.65. The number of benzene rings is 2. The molecule has 3 aromatic rings. The lowest BCUT2D eigenvalue weighted by atomic mass is 10.2. The Morgan fingerprint density at radius 1 is 1.08 bits per heavy atom. The SMILES string of the molecule is Cc1ccc(S(=O)(=O)NCc2nnnn2-c2ccc(F)c(F)c2)cc1. The monoisotopic (exact) mass is 365 g/mol. The van der Waals surface area contributed by atoms with E-state index in [-0.39, 0.29) is 23.0 Å². The topological polar surface area (TPSA) is 89.8 Å². The van der Waals surface area contributed by atoms with E-state index < -0.39 is 21.7 Å². The Labute approximate surface area is 142 Å². The van der Waals surface area contributed by atoms with E-state index in [0.717, 1.165) is 22.4 Å². The number of aromatic nitrogens is 4. The minimum atomic E-state index is -3.76. The zero-order valence-corrected chi connectivity index (χ0v) is 13.8. The zero-order valence-electron chi connectivity index (χ0n) is 13.0. The Morgan fingerprint density at radius 3 is 2.48 bits per heavy atom. The predicted octanol–water partition coefficient (Wildman–Crippen LogP) is 1.73. The molecule has 0 amide bonds. The highest BCUT2D eigenvalue weighted by atomic mass is 32.2. The molecule has 0 aliphatic heterocycles. The van der Waals surface area contributed by atoms with Crippen LogP contribution >= 0.6 is 0 Å². The summed E-state index contributed by atoms with van der Waals surface area (Å²) in [6.45, 7) is 1.63. The average Bonchev–Trinajstić information content (AvgIpc) is 3.05. The van der Waals surface area contributed by atoms with E-state index in [1.54, 1.807) is 12.1 Å². The lowest BCUT2D eigenvalue weighted by Crippen LogP contribution is -2.25. The molecule has 0 aliphatic carbocycles. The first-order chi connectivity index (χ1) is 11.9. The molecule has 0 unspecified atom stereocenters. The van der Waals surface area contributed by atoms with Crippen molar-refractivity contribution in [2.45, 2.75) is 18.4 Å². The summed E-state index contributed by atoms with van der Waals surface area (Å²) in [4.78, 5) is 0.102. The number of tetrazole rings is 1. The molecular formula is C15H13F2N5O2S. The smallest absolute Gasteiger partial charge is 0.207 e. The number of hydrogen-bond donors (Lipinski definition) is 1. The van der Waals surface area contributed by atoms with Crippen molar-refractivity contribution >= 4 is 10.0 Å². The summed E-state index contributed by atoms with van der Waals surface area (Å²) < 4.78 is 54.5. The normalized spacial score (nSPS) is 11.6. The van der Waals surface area contributed by atoms with Crippen LogP contribution in [0, 0.1) is 18.6 Å². The van der Waals surface area contributed by atoms with E-state index in [2.05, 4.69) is 20.2 Å². The van der Waals surface area contributed by atoms with Crippen LogP contribution in [-0.4, -0.2) is 28.6 Å². The number of sulfonamides is 1. The molecule has 1 aromatic heterocycles. The number of halogens is 2. The molecule has 0 aliphatic rings. The molecule has 10 heteroatoms. The highest BCUT2D eigenvalue weighted by Crippen LogP contribution is 2.14. The van der Waals surface area contributed by atoms with E-state index in [0.29, 0.717) is 0 Å². The first-order valence-corrected chi connectivity index (χ1v) is 8.64. The van der Waals surface area contributed by atoms with Gasteiger partial charge in [-0.3, -0.25) is 0 Å². The Balaban J connectivity index is 1.82. The van der Waals surface area contributed by atoms with E-state index in [1.807, 2.05) is 6.92 Å². The Hall–Kier alpha value is -2.72. The van der Waals surface area contributed by atoms with Crippen LogP contribution in [0.3, 0.4) is 0 Å². The van der Waals surface area contributed by atoms with Gasteiger partial charge in [-0.1, -0.05) is 17.7 Å². The van der Waals surface area contributed by atoms with Gasteiger partial charge in [-0.05, 0) is 41.6 Å². The second-order valence-electron chi connectivity index (χ2n) is 5.24. The Morgan fingerprint density at radius 2 is 1.80 bits per heavy atom. The fourth-order valence-electron chi connectivity index (χ4n) is 2.09. The first kappa shape index (κ1) is 17.1. The zero-order chi connectivity index (χ0) is 18.0. The third-order valence-corrected chi connectivity index (χ3v) is 4.85. The van der Waals surface area contributed by atoms with Gasteiger partial charge in [0.15, 0.2) is 17.5 Å². The second-order valence-corrected chi connectivity index (χ2v) is 7.01. The Bertz CT molecular complexity index is 1000. The molecule has 7 nitrogen and oxygen atoms in total. The van der Waals surface area contributed by atoms with Gasteiger partial charge in [0, 0.05) is 6.07 Å². The van der Waals surface area contributed by atoms with Gasteiger partial charge in [0.1, 0.15) is 0 Å². The standard InChI is InChI=1S/C15H13F2N5O2S/c1-10-2-5-12(6-3-10)25(23,24)18-9-15-19-20-21-22(15)11-4-7-13(16)14(17)8-11/h2-8,18H,9H2,1H3. The molecule has 2 aromatic carbocycles. The van der Waals surface area contributed by atoms with Gasteiger partial charge in [-0.15, -0.1) is 5.10 Å². The lowest BCUT2D eigenvalue weighted by Gasteiger charge is -2.08. The maximum Gasteiger partial charge on any atom is 0.240 e. The van der Waals surface area contributed by atoms with Crippen molar-refractivity contribution in [3.8, 4) is 5.69 Å². The highest BCUT2D eigenvalue weighted by Gasteiger charge is 2.17. The minimum Gasteiger partial charge on any atom is -0.207 e. The minimum absolute atomic E-state index is 0.102. The van der Waals surface area contributed by atoms with Crippen LogP contribution in [0.1, 0.15) is 11.4 Å². The third kappa shape index (κ3) is 3.69. The summed E-state index contributed by atoms with van der Waals surface area (Å²) in [5.74, 6) is -1.93. The number of nitrogens with one attached hydrogen (secondary N) is 1. The van der Waals surface area contributed by atoms with Crippen molar-refractivity contribution in [3.05, 3.63) is 65.5 Å². The van der Waals surface area contributed by atoms with Crippen LogP contribution < -0.4 is 4.72 Å². The third-order valence-electron chi connectivity index (χ3n) is 3.43. The number of aryl methyl sites for hydroxylation is 1. The number of nitrogens with zero attached hydrogens (tertiary/aromatic N) is 4. The Kier molecular flexibility index (Phi) is 4.55. The van der Waals surface area contributed by atoms with Crippen LogP contribution in [-0.2, 0) is 16.6 Å². The molecule has 0 atom stereocenters. The summed E-state index contributed by atoms with van der Waals surface area (Å²) in [6.07, 6.45) is 0. The molecular weight excluding hydrogens is 352 g/mol. The van der Waals surface area contributed by atoms with Gasteiger partial charge in [0.05, 0.1) is 17.1 Å². The molecule has 1 heterocycles. The molecule has 0 saturated carbocycles. The van der Waals surface area contributed by atoms with E-state index >= 15 is 0 Å². The maximum atomic E-state index is 13.4. The quantitative estimate of drug-likeness (QED) is 0.744. The molecule has 3 rings (SSSR count). The summed E-state index contributed by atoms with van der Waals surface area (Å²) in [5, 5.41) is 10.8. The van der Waals surface area contributed by atoms with Crippen molar-refractivity contribution in [3.63, 3.8) is 0 Å². The van der Waals surface area contributed by atoms with E-state index in [4.69, 9.17) is 0 Å². The summed E-state index contributed by atoms with van der Waals surface area (Å²) in [5.41, 5.74) is 1.11. The van der Waals surface area contributed by atoms with Gasteiger partial charge >= 0.3 is 0 Å². The van der Waals surface area contributed by atoms with Crippen molar-refractivity contribution in [2.75, 3.05) is 0 Å². The van der Waals surface area contributed by atoms with Crippen LogP contribution in [0.4, 0.5) is 8.78 Å². The van der Waals surface area contributed by atoms with Crippen LogP contribution in [0.2, 0.25) is 0 Å². The fraction of sp³-hybridized carbons (Fsp3) is 0.133. The molecule has 25 heavy (non-hydrogen) atoms. The van der Waals surface area contributed by atoms with Gasteiger partial charge < -0.3 is 0 Å². The van der Waals surface area contributed by atoms with Gasteiger partial charge in [-0.25, -0.2) is 21.9 Å². The van der Waals surface area contributed by atoms with Crippen LogP contribution in [0.25, 0.3) is 5.69 Å². The van der Waals surface area contributed by atoms with E-state index in [1.165, 1.54) is 18.2 Å². The molecule has 0 spiro atoms. The summed E-state index contributed by atoms with van der Waals surface area (Å²) >= 11 is 0. The molecule has 0 radical (unpaired) electrons. The maximum absolute atomic E-state index is 13.4.